The summed E-state index contributed by atoms with van der Waals surface area (Å²) in [5, 5.41) is 3.18. The zero-order valence-electron chi connectivity index (χ0n) is 16.6. The average Bonchev–Trinajstić information content (AvgIpc) is 2.81. The van der Waals surface area contributed by atoms with Crippen molar-refractivity contribution in [1.29, 1.82) is 0 Å². The Morgan fingerprint density at radius 1 is 0.633 bits per heavy atom. The van der Waals surface area contributed by atoms with Gasteiger partial charge in [0.15, 0.2) is 5.82 Å². The van der Waals surface area contributed by atoms with Crippen molar-refractivity contribution >= 4 is 11.6 Å². The fourth-order valence-electron chi connectivity index (χ4n) is 2.73. The van der Waals surface area contributed by atoms with Gasteiger partial charge >= 0.3 is 6.01 Å². The summed E-state index contributed by atoms with van der Waals surface area (Å²) in [6, 6.07) is 24.8. The summed E-state index contributed by atoms with van der Waals surface area (Å²) < 4.78 is 16.3. The molecule has 30 heavy (non-hydrogen) atoms. The molecular weight excluding hydrogens is 380 g/mol. The lowest BCUT2D eigenvalue weighted by atomic mass is 10.2. The molecule has 7 heteroatoms. The van der Waals surface area contributed by atoms with Crippen LogP contribution in [0.3, 0.4) is 0 Å². The number of anilines is 2. The van der Waals surface area contributed by atoms with Crippen molar-refractivity contribution in [3.8, 4) is 34.6 Å². The highest BCUT2D eigenvalue weighted by molar-refractivity contribution is 5.60. The number of rotatable bonds is 7. The second-order valence-electron chi connectivity index (χ2n) is 6.26. The van der Waals surface area contributed by atoms with Crippen LogP contribution in [-0.4, -0.2) is 29.2 Å². The molecule has 0 aliphatic rings. The van der Waals surface area contributed by atoms with E-state index in [1.54, 1.807) is 7.11 Å². The number of nitrogens with one attached hydrogen (secondary N) is 1. The standard InChI is InChI=1S/C23H20N4O3/c1-28-18-12-8-16(9-13-18)21-25-22(27-23(26-21)29-2)24-17-10-14-20(15-11-17)30-19-6-4-3-5-7-19/h3-15H,1-2H3,(H,24,25,26,27). The highest BCUT2D eigenvalue weighted by atomic mass is 16.5. The molecule has 0 aliphatic carbocycles. The minimum absolute atomic E-state index is 0.224. The van der Waals surface area contributed by atoms with Crippen LogP contribution in [0.25, 0.3) is 11.4 Å². The predicted molar refractivity (Wildman–Crippen MR) is 115 cm³/mol. The van der Waals surface area contributed by atoms with Crippen molar-refractivity contribution in [1.82, 2.24) is 15.0 Å². The first-order valence-electron chi connectivity index (χ1n) is 9.28. The van der Waals surface area contributed by atoms with E-state index < -0.39 is 0 Å². The fourth-order valence-corrected chi connectivity index (χ4v) is 2.73. The summed E-state index contributed by atoms with van der Waals surface area (Å²) in [4.78, 5) is 13.1. The van der Waals surface area contributed by atoms with Gasteiger partial charge in [0.2, 0.25) is 5.95 Å². The van der Waals surface area contributed by atoms with E-state index in [1.807, 2.05) is 78.9 Å². The van der Waals surface area contributed by atoms with Gasteiger partial charge in [0.05, 0.1) is 14.2 Å². The topological polar surface area (TPSA) is 78.4 Å². The van der Waals surface area contributed by atoms with Crippen LogP contribution in [0.15, 0.2) is 78.9 Å². The van der Waals surface area contributed by atoms with Gasteiger partial charge in [-0.3, -0.25) is 0 Å². The number of nitrogens with zero attached hydrogens (tertiary/aromatic N) is 3. The van der Waals surface area contributed by atoms with Gasteiger partial charge in [-0.25, -0.2) is 0 Å². The Morgan fingerprint density at radius 3 is 1.97 bits per heavy atom. The Kier molecular flexibility index (Phi) is 5.70. The van der Waals surface area contributed by atoms with Gasteiger partial charge in [-0.05, 0) is 60.7 Å². The van der Waals surface area contributed by atoms with Crippen LogP contribution in [0, 0.1) is 0 Å². The van der Waals surface area contributed by atoms with E-state index in [1.165, 1.54) is 7.11 Å². The molecule has 1 aromatic heterocycles. The van der Waals surface area contributed by atoms with Crippen LogP contribution in [0.4, 0.5) is 11.6 Å². The summed E-state index contributed by atoms with van der Waals surface area (Å²) in [6.45, 7) is 0. The molecule has 0 aliphatic heterocycles. The molecule has 1 N–H and O–H groups in total. The maximum absolute atomic E-state index is 5.82. The highest BCUT2D eigenvalue weighted by Crippen LogP contribution is 2.25. The molecule has 7 nitrogen and oxygen atoms in total. The zero-order valence-corrected chi connectivity index (χ0v) is 16.6. The number of hydrogen-bond donors (Lipinski definition) is 1. The zero-order chi connectivity index (χ0) is 20.8. The molecule has 4 aromatic rings. The predicted octanol–water partition coefficient (Wildman–Crippen LogP) is 5.09. The maximum Gasteiger partial charge on any atom is 0.321 e. The SMILES string of the molecule is COc1ccc(-c2nc(Nc3ccc(Oc4ccccc4)cc3)nc(OC)n2)cc1. The van der Waals surface area contributed by atoms with Gasteiger partial charge < -0.3 is 19.5 Å². The normalized spacial score (nSPS) is 10.3. The van der Waals surface area contributed by atoms with Crippen molar-refractivity contribution in [2.75, 3.05) is 19.5 Å². The first kappa shape index (κ1) is 19.2. The Bertz CT molecular complexity index is 1100. The second-order valence-corrected chi connectivity index (χ2v) is 6.26. The Morgan fingerprint density at radius 2 is 1.30 bits per heavy atom. The third-order valence-corrected chi connectivity index (χ3v) is 4.24. The van der Waals surface area contributed by atoms with E-state index >= 15 is 0 Å². The van der Waals surface area contributed by atoms with Crippen molar-refractivity contribution in [2.45, 2.75) is 0 Å². The van der Waals surface area contributed by atoms with Crippen LogP contribution in [0.2, 0.25) is 0 Å². The minimum atomic E-state index is 0.224. The largest absolute Gasteiger partial charge is 0.497 e. The van der Waals surface area contributed by atoms with E-state index in [4.69, 9.17) is 14.2 Å². The van der Waals surface area contributed by atoms with Crippen LogP contribution in [-0.2, 0) is 0 Å². The number of para-hydroxylation sites is 1. The minimum Gasteiger partial charge on any atom is -0.497 e. The molecule has 0 amide bonds. The second kappa shape index (κ2) is 8.91. The van der Waals surface area contributed by atoms with Gasteiger partial charge in [0, 0.05) is 11.3 Å². The lowest BCUT2D eigenvalue weighted by Gasteiger charge is -2.10. The number of aromatic nitrogens is 3. The fraction of sp³-hybridized carbons (Fsp3) is 0.0870. The molecule has 0 bridgehead atoms. The number of benzene rings is 3. The quantitative estimate of drug-likeness (QED) is 0.463. The Balaban J connectivity index is 1.53. The molecule has 150 valence electrons. The van der Waals surface area contributed by atoms with Crippen LogP contribution in [0.5, 0.6) is 23.3 Å². The Hall–Kier alpha value is -4.13. The van der Waals surface area contributed by atoms with Gasteiger partial charge in [-0.15, -0.1) is 0 Å². The van der Waals surface area contributed by atoms with E-state index in [2.05, 4.69) is 20.3 Å². The number of ether oxygens (including phenoxy) is 3. The molecule has 3 aromatic carbocycles. The maximum atomic E-state index is 5.82. The highest BCUT2D eigenvalue weighted by Gasteiger charge is 2.10. The molecule has 1 heterocycles. The van der Waals surface area contributed by atoms with Crippen molar-refractivity contribution in [3.05, 3.63) is 78.9 Å². The summed E-state index contributed by atoms with van der Waals surface area (Å²) in [7, 11) is 3.14. The van der Waals surface area contributed by atoms with Crippen LogP contribution < -0.4 is 19.5 Å². The van der Waals surface area contributed by atoms with Gasteiger partial charge in [-0.1, -0.05) is 18.2 Å². The molecular formula is C23H20N4O3. The van der Waals surface area contributed by atoms with Crippen molar-refractivity contribution in [2.24, 2.45) is 0 Å². The molecule has 0 radical (unpaired) electrons. The summed E-state index contributed by atoms with van der Waals surface area (Å²) in [6.07, 6.45) is 0. The van der Waals surface area contributed by atoms with Crippen molar-refractivity contribution < 1.29 is 14.2 Å². The number of hydrogen-bond acceptors (Lipinski definition) is 7. The lowest BCUT2D eigenvalue weighted by Crippen LogP contribution is -2.03. The third-order valence-electron chi connectivity index (χ3n) is 4.24. The smallest absolute Gasteiger partial charge is 0.321 e. The first-order chi connectivity index (χ1) is 14.7. The van der Waals surface area contributed by atoms with Crippen LogP contribution >= 0.6 is 0 Å². The van der Waals surface area contributed by atoms with Gasteiger partial charge in [0.1, 0.15) is 17.2 Å². The van der Waals surface area contributed by atoms with E-state index in [0.717, 1.165) is 28.5 Å². The molecule has 4 rings (SSSR count). The third kappa shape index (κ3) is 4.64. The lowest BCUT2D eigenvalue weighted by molar-refractivity contribution is 0.379. The Labute approximate surface area is 174 Å². The first-order valence-corrected chi connectivity index (χ1v) is 9.28. The van der Waals surface area contributed by atoms with Gasteiger partial charge in [-0.2, -0.15) is 15.0 Å². The average molecular weight is 400 g/mol. The summed E-state index contributed by atoms with van der Waals surface area (Å²) in [5.41, 5.74) is 1.63. The monoisotopic (exact) mass is 400 g/mol. The van der Waals surface area contributed by atoms with E-state index in [0.29, 0.717) is 11.8 Å². The summed E-state index contributed by atoms with van der Waals surface area (Å²) >= 11 is 0. The molecule has 0 fully saturated rings. The molecule has 0 saturated carbocycles. The number of methoxy groups -OCH3 is 2. The summed E-state index contributed by atoms with van der Waals surface area (Å²) in [5.74, 6) is 3.15. The van der Waals surface area contributed by atoms with Crippen LogP contribution in [0.1, 0.15) is 0 Å². The molecule has 0 saturated heterocycles. The van der Waals surface area contributed by atoms with Gasteiger partial charge in [0.25, 0.3) is 0 Å². The van der Waals surface area contributed by atoms with Crippen molar-refractivity contribution in [3.63, 3.8) is 0 Å². The molecule has 0 atom stereocenters. The van der Waals surface area contributed by atoms with E-state index in [-0.39, 0.29) is 6.01 Å². The molecule has 0 unspecified atom stereocenters. The van der Waals surface area contributed by atoms with E-state index in [9.17, 15) is 0 Å². The molecule has 0 spiro atoms.